The van der Waals surface area contributed by atoms with Crippen molar-refractivity contribution in [2.75, 3.05) is 17.2 Å². The second-order valence-electron chi connectivity index (χ2n) is 4.17. The Balaban J connectivity index is 2.28. The number of benzene rings is 1. The van der Waals surface area contributed by atoms with Crippen molar-refractivity contribution in [2.45, 2.75) is 13.8 Å². The first-order chi connectivity index (χ1) is 9.10. The molecule has 0 amide bonds. The van der Waals surface area contributed by atoms with Gasteiger partial charge in [-0.1, -0.05) is 17.7 Å². The first-order valence-corrected chi connectivity index (χ1v) is 6.03. The molecule has 0 bridgehead atoms. The monoisotopic (exact) mass is 263 g/mol. The molecule has 0 spiro atoms. The van der Waals surface area contributed by atoms with E-state index in [2.05, 4.69) is 15.6 Å². The van der Waals surface area contributed by atoms with Gasteiger partial charge in [-0.05, 0) is 26.0 Å². The van der Waals surface area contributed by atoms with Gasteiger partial charge in [-0.3, -0.25) is 0 Å². The lowest BCUT2D eigenvalue weighted by atomic mass is 10.2. The first-order valence-electron chi connectivity index (χ1n) is 6.03. The van der Waals surface area contributed by atoms with Gasteiger partial charge in [0.2, 0.25) is 0 Å². The maximum atomic E-state index is 13.6. The van der Waals surface area contributed by atoms with E-state index in [4.69, 9.17) is 0 Å². The van der Waals surface area contributed by atoms with Crippen LogP contribution >= 0.6 is 0 Å². The maximum absolute atomic E-state index is 13.6. The molecule has 2 aromatic rings. The zero-order valence-corrected chi connectivity index (χ0v) is 10.8. The molecule has 1 aromatic heterocycles. The summed E-state index contributed by atoms with van der Waals surface area (Å²) in [4.78, 5) is 3.91. The fourth-order valence-electron chi connectivity index (χ4n) is 1.62. The molecule has 1 heterocycles. The van der Waals surface area contributed by atoms with Gasteiger partial charge in [0.15, 0.2) is 23.3 Å². The molecule has 0 atom stereocenters. The van der Waals surface area contributed by atoms with Crippen LogP contribution in [0.2, 0.25) is 0 Å². The Morgan fingerprint density at radius 1 is 1.05 bits per heavy atom. The summed E-state index contributed by atoms with van der Waals surface area (Å²) in [6.07, 6.45) is 0. The average Bonchev–Trinajstić information content (AvgIpc) is 2.38. The van der Waals surface area contributed by atoms with Crippen LogP contribution in [0.3, 0.4) is 0 Å². The molecule has 0 unspecified atom stereocenters. The highest BCUT2D eigenvalue weighted by Crippen LogP contribution is 2.22. The number of anilines is 3. The zero-order valence-electron chi connectivity index (χ0n) is 10.8. The first kappa shape index (κ1) is 13.3. The topological polar surface area (TPSA) is 37.0 Å². The second-order valence-corrected chi connectivity index (χ2v) is 4.17. The van der Waals surface area contributed by atoms with Gasteiger partial charge in [0.25, 0.3) is 0 Å². The standard InChI is InChI=1S/C14H15F2N3/c1-3-17-13-11(15)8-12(16)14(19-13)18-10-6-4-9(2)5-7-10/h4-8H,3H2,1-2H3,(H2,17,18,19). The van der Waals surface area contributed by atoms with Crippen molar-refractivity contribution in [1.82, 2.24) is 4.98 Å². The van der Waals surface area contributed by atoms with Gasteiger partial charge in [-0.25, -0.2) is 13.8 Å². The van der Waals surface area contributed by atoms with Crippen LogP contribution in [0.15, 0.2) is 30.3 Å². The van der Waals surface area contributed by atoms with E-state index in [-0.39, 0.29) is 11.6 Å². The summed E-state index contributed by atoms with van der Waals surface area (Å²) in [6.45, 7) is 4.29. The third kappa shape index (κ3) is 3.19. The van der Waals surface area contributed by atoms with Crippen molar-refractivity contribution in [3.05, 3.63) is 47.5 Å². The molecule has 2 rings (SSSR count). The maximum Gasteiger partial charge on any atom is 0.169 e. The molecule has 0 aliphatic heterocycles. The quantitative estimate of drug-likeness (QED) is 0.880. The van der Waals surface area contributed by atoms with Gasteiger partial charge >= 0.3 is 0 Å². The van der Waals surface area contributed by atoms with Gasteiger partial charge in [0.1, 0.15) is 0 Å². The molecular weight excluding hydrogens is 248 g/mol. The van der Waals surface area contributed by atoms with E-state index in [1.165, 1.54) is 0 Å². The average molecular weight is 263 g/mol. The smallest absolute Gasteiger partial charge is 0.169 e. The summed E-state index contributed by atoms with van der Waals surface area (Å²) >= 11 is 0. The van der Waals surface area contributed by atoms with Crippen LogP contribution in [0.5, 0.6) is 0 Å². The molecule has 100 valence electrons. The lowest BCUT2D eigenvalue weighted by Gasteiger charge is -2.10. The predicted molar refractivity (Wildman–Crippen MR) is 72.8 cm³/mol. The Kier molecular flexibility index (Phi) is 3.94. The molecular formula is C14H15F2N3. The summed E-state index contributed by atoms with van der Waals surface area (Å²) in [5, 5.41) is 5.58. The van der Waals surface area contributed by atoms with E-state index in [9.17, 15) is 8.78 Å². The van der Waals surface area contributed by atoms with Gasteiger partial charge < -0.3 is 10.6 Å². The molecule has 19 heavy (non-hydrogen) atoms. The van der Waals surface area contributed by atoms with Crippen molar-refractivity contribution in [2.24, 2.45) is 0 Å². The zero-order chi connectivity index (χ0) is 13.8. The van der Waals surface area contributed by atoms with Crippen LogP contribution in [0, 0.1) is 18.6 Å². The van der Waals surface area contributed by atoms with E-state index in [0.29, 0.717) is 12.2 Å². The normalized spacial score (nSPS) is 10.3. The number of hydrogen-bond donors (Lipinski definition) is 2. The number of aryl methyl sites for hydroxylation is 1. The highest BCUT2D eigenvalue weighted by molar-refractivity contribution is 5.59. The molecule has 1 aromatic carbocycles. The van der Waals surface area contributed by atoms with Crippen molar-refractivity contribution in [3.8, 4) is 0 Å². The number of rotatable bonds is 4. The number of aromatic nitrogens is 1. The summed E-state index contributed by atoms with van der Waals surface area (Å²) in [7, 11) is 0. The summed E-state index contributed by atoms with van der Waals surface area (Å²) in [5.74, 6) is -1.38. The molecule has 3 nitrogen and oxygen atoms in total. The minimum absolute atomic E-state index is 0.00111. The molecule has 0 fully saturated rings. The van der Waals surface area contributed by atoms with Gasteiger partial charge in [-0.15, -0.1) is 0 Å². The Morgan fingerprint density at radius 3 is 2.32 bits per heavy atom. The molecule has 0 radical (unpaired) electrons. The molecule has 0 saturated carbocycles. The van der Waals surface area contributed by atoms with Crippen LogP contribution in [-0.4, -0.2) is 11.5 Å². The summed E-state index contributed by atoms with van der Waals surface area (Å²) in [5.41, 5.74) is 1.80. The van der Waals surface area contributed by atoms with Gasteiger partial charge in [0, 0.05) is 18.3 Å². The van der Waals surface area contributed by atoms with Crippen LogP contribution in [0.1, 0.15) is 12.5 Å². The summed E-state index contributed by atoms with van der Waals surface area (Å²) in [6, 6.07) is 8.24. The fraction of sp³-hybridized carbons (Fsp3) is 0.214. The van der Waals surface area contributed by atoms with Crippen LogP contribution in [-0.2, 0) is 0 Å². The number of nitrogens with zero attached hydrogens (tertiary/aromatic N) is 1. The third-order valence-corrected chi connectivity index (χ3v) is 2.59. The molecule has 5 heteroatoms. The third-order valence-electron chi connectivity index (χ3n) is 2.59. The predicted octanol–water partition coefficient (Wildman–Crippen LogP) is 3.84. The minimum Gasteiger partial charge on any atom is -0.368 e. The molecule has 0 aliphatic carbocycles. The van der Waals surface area contributed by atoms with Crippen LogP contribution < -0.4 is 10.6 Å². The number of pyridine rings is 1. The molecule has 0 saturated heterocycles. The lowest BCUT2D eigenvalue weighted by molar-refractivity contribution is 0.579. The Labute approximate surface area is 110 Å². The van der Waals surface area contributed by atoms with E-state index >= 15 is 0 Å². The van der Waals surface area contributed by atoms with Crippen molar-refractivity contribution >= 4 is 17.3 Å². The Hall–Kier alpha value is -2.17. The SMILES string of the molecule is CCNc1nc(Nc2ccc(C)cc2)c(F)cc1F. The van der Waals surface area contributed by atoms with E-state index in [1.807, 2.05) is 38.1 Å². The number of hydrogen-bond acceptors (Lipinski definition) is 3. The molecule has 2 N–H and O–H groups in total. The molecule has 0 aliphatic rings. The van der Waals surface area contributed by atoms with E-state index in [1.54, 1.807) is 0 Å². The lowest BCUT2D eigenvalue weighted by Crippen LogP contribution is -2.06. The van der Waals surface area contributed by atoms with Gasteiger partial charge in [0.05, 0.1) is 0 Å². The second kappa shape index (κ2) is 5.65. The fourth-order valence-corrected chi connectivity index (χ4v) is 1.62. The van der Waals surface area contributed by atoms with Crippen LogP contribution in [0.25, 0.3) is 0 Å². The van der Waals surface area contributed by atoms with Crippen molar-refractivity contribution in [1.29, 1.82) is 0 Å². The largest absolute Gasteiger partial charge is 0.368 e. The van der Waals surface area contributed by atoms with Crippen molar-refractivity contribution in [3.63, 3.8) is 0 Å². The van der Waals surface area contributed by atoms with Crippen molar-refractivity contribution < 1.29 is 8.78 Å². The Morgan fingerprint density at radius 2 is 1.68 bits per heavy atom. The van der Waals surface area contributed by atoms with Crippen LogP contribution in [0.4, 0.5) is 26.1 Å². The van der Waals surface area contributed by atoms with E-state index < -0.39 is 11.6 Å². The minimum atomic E-state index is -0.722. The highest BCUT2D eigenvalue weighted by Gasteiger charge is 2.11. The summed E-state index contributed by atoms with van der Waals surface area (Å²) < 4.78 is 27.1. The van der Waals surface area contributed by atoms with E-state index in [0.717, 1.165) is 11.6 Å². The number of nitrogens with one attached hydrogen (secondary N) is 2. The number of halogens is 2. The Bertz CT molecular complexity index is 568. The van der Waals surface area contributed by atoms with Gasteiger partial charge in [-0.2, -0.15) is 0 Å². The highest BCUT2D eigenvalue weighted by atomic mass is 19.1.